The molecule has 86 valence electrons. The Balaban J connectivity index is 1.68. The SMILES string of the molecule is NCC(C1CCCO1)N1CC2CCC1C2. The van der Waals surface area contributed by atoms with Crippen LogP contribution in [0.25, 0.3) is 0 Å². The van der Waals surface area contributed by atoms with Gasteiger partial charge in [0.05, 0.1) is 6.10 Å². The van der Waals surface area contributed by atoms with Crippen molar-refractivity contribution in [3.8, 4) is 0 Å². The standard InChI is InChI=1S/C12H22N2O/c13-7-11(12-2-1-5-15-12)14-8-9-3-4-10(14)6-9/h9-12H,1-8,13H2. The lowest BCUT2D eigenvalue weighted by Gasteiger charge is -2.37. The summed E-state index contributed by atoms with van der Waals surface area (Å²) in [5.41, 5.74) is 5.94. The van der Waals surface area contributed by atoms with Gasteiger partial charge >= 0.3 is 0 Å². The average Bonchev–Trinajstić information content (AvgIpc) is 2.94. The molecule has 4 unspecified atom stereocenters. The Bertz CT molecular complexity index is 228. The van der Waals surface area contributed by atoms with E-state index in [1.807, 2.05) is 0 Å². The molecule has 2 N–H and O–H groups in total. The van der Waals surface area contributed by atoms with E-state index in [0.717, 1.165) is 25.1 Å². The van der Waals surface area contributed by atoms with E-state index in [4.69, 9.17) is 10.5 Å². The van der Waals surface area contributed by atoms with Crippen molar-refractivity contribution >= 4 is 0 Å². The molecule has 0 spiro atoms. The quantitative estimate of drug-likeness (QED) is 0.754. The maximum absolute atomic E-state index is 5.94. The summed E-state index contributed by atoms with van der Waals surface area (Å²) in [6.45, 7) is 3.00. The zero-order chi connectivity index (χ0) is 10.3. The Hall–Kier alpha value is -0.120. The van der Waals surface area contributed by atoms with E-state index in [9.17, 15) is 0 Å². The monoisotopic (exact) mass is 210 g/mol. The summed E-state index contributed by atoms with van der Waals surface area (Å²) in [5, 5.41) is 0. The molecule has 1 saturated carbocycles. The largest absolute Gasteiger partial charge is 0.377 e. The van der Waals surface area contributed by atoms with Gasteiger partial charge in [0.1, 0.15) is 0 Å². The molecule has 0 aromatic carbocycles. The highest BCUT2D eigenvalue weighted by Gasteiger charge is 2.43. The van der Waals surface area contributed by atoms with Crippen LogP contribution in [0.5, 0.6) is 0 Å². The van der Waals surface area contributed by atoms with Gasteiger partial charge in [-0.05, 0) is 38.0 Å². The molecule has 0 radical (unpaired) electrons. The van der Waals surface area contributed by atoms with Crippen molar-refractivity contribution in [3.05, 3.63) is 0 Å². The third-order valence-electron chi connectivity index (χ3n) is 4.51. The normalized spacial score (nSPS) is 42.6. The van der Waals surface area contributed by atoms with E-state index in [-0.39, 0.29) is 0 Å². The van der Waals surface area contributed by atoms with Gasteiger partial charge in [0.25, 0.3) is 0 Å². The maximum atomic E-state index is 5.94. The van der Waals surface area contributed by atoms with Gasteiger partial charge in [-0.2, -0.15) is 0 Å². The average molecular weight is 210 g/mol. The van der Waals surface area contributed by atoms with E-state index >= 15 is 0 Å². The van der Waals surface area contributed by atoms with Gasteiger partial charge < -0.3 is 10.5 Å². The van der Waals surface area contributed by atoms with Crippen LogP contribution in [0.15, 0.2) is 0 Å². The van der Waals surface area contributed by atoms with E-state index < -0.39 is 0 Å². The van der Waals surface area contributed by atoms with Gasteiger partial charge in [0.15, 0.2) is 0 Å². The van der Waals surface area contributed by atoms with Crippen molar-refractivity contribution in [2.45, 2.75) is 50.3 Å². The van der Waals surface area contributed by atoms with Gasteiger partial charge in [0, 0.05) is 31.8 Å². The Morgan fingerprint density at radius 2 is 2.27 bits per heavy atom. The minimum Gasteiger partial charge on any atom is -0.377 e. The maximum Gasteiger partial charge on any atom is 0.0743 e. The van der Waals surface area contributed by atoms with E-state index in [1.54, 1.807) is 0 Å². The molecule has 0 aromatic rings. The second-order valence-corrected chi connectivity index (χ2v) is 5.38. The number of hydrogen-bond donors (Lipinski definition) is 1. The minimum atomic E-state index is 0.425. The molecule has 3 nitrogen and oxygen atoms in total. The summed E-state index contributed by atoms with van der Waals surface area (Å²) in [6.07, 6.45) is 7.13. The molecular formula is C12H22N2O. The predicted octanol–water partition coefficient (Wildman–Crippen LogP) is 0.977. The van der Waals surface area contributed by atoms with Crippen LogP contribution in [0.1, 0.15) is 32.1 Å². The minimum absolute atomic E-state index is 0.425. The van der Waals surface area contributed by atoms with Gasteiger partial charge in [0.2, 0.25) is 0 Å². The van der Waals surface area contributed by atoms with Crippen LogP contribution < -0.4 is 5.73 Å². The zero-order valence-corrected chi connectivity index (χ0v) is 9.40. The summed E-state index contributed by atoms with van der Waals surface area (Å²) >= 11 is 0. The van der Waals surface area contributed by atoms with Crippen LogP contribution >= 0.6 is 0 Å². The number of piperidine rings is 1. The Labute approximate surface area is 91.9 Å². The predicted molar refractivity (Wildman–Crippen MR) is 59.7 cm³/mol. The molecule has 2 heterocycles. The van der Waals surface area contributed by atoms with Crippen molar-refractivity contribution in [3.63, 3.8) is 0 Å². The molecule has 3 rings (SSSR count). The lowest BCUT2D eigenvalue weighted by Crippen LogP contribution is -2.51. The number of nitrogens with two attached hydrogens (primary N) is 1. The molecule has 2 aliphatic heterocycles. The number of rotatable bonds is 3. The summed E-state index contributed by atoms with van der Waals surface area (Å²) in [5.74, 6) is 0.963. The fourth-order valence-electron chi connectivity index (χ4n) is 3.78. The number of nitrogens with zero attached hydrogens (tertiary/aromatic N) is 1. The van der Waals surface area contributed by atoms with Crippen LogP contribution in [-0.4, -0.2) is 42.8 Å². The van der Waals surface area contributed by atoms with E-state index in [0.29, 0.717) is 12.1 Å². The molecule has 3 heteroatoms. The summed E-state index contributed by atoms with van der Waals surface area (Å²) in [6, 6.07) is 1.33. The number of likely N-dealkylation sites (tertiary alicyclic amines) is 1. The summed E-state index contributed by atoms with van der Waals surface area (Å²) < 4.78 is 5.80. The van der Waals surface area contributed by atoms with E-state index in [2.05, 4.69) is 4.90 Å². The molecule has 1 aliphatic carbocycles. The van der Waals surface area contributed by atoms with Crippen molar-refractivity contribution in [2.24, 2.45) is 11.7 Å². The van der Waals surface area contributed by atoms with Crippen LogP contribution in [0, 0.1) is 5.92 Å². The molecule has 4 atom stereocenters. The molecular weight excluding hydrogens is 188 g/mol. The summed E-state index contributed by atoms with van der Waals surface area (Å²) in [7, 11) is 0. The number of ether oxygens (including phenoxy) is 1. The van der Waals surface area contributed by atoms with Crippen LogP contribution in [0.4, 0.5) is 0 Å². The molecule has 3 aliphatic rings. The first-order chi connectivity index (χ1) is 7.38. The second kappa shape index (κ2) is 4.04. The van der Waals surface area contributed by atoms with E-state index in [1.165, 1.54) is 38.6 Å². The van der Waals surface area contributed by atoms with Crippen molar-refractivity contribution in [1.82, 2.24) is 4.90 Å². The zero-order valence-electron chi connectivity index (χ0n) is 9.40. The third kappa shape index (κ3) is 1.71. The second-order valence-electron chi connectivity index (χ2n) is 5.38. The van der Waals surface area contributed by atoms with Crippen molar-refractivity contribution in [1.29, 1.82) is 0 Å². The van der Waals surface area contributed by atoms with Gasteiger partial charge in [-0.3, -0.25) is 4.90 Å². The highest BCUT2D eigenvalue weighted by Crippen LogP contribution is 2.39. The highest BCUT2D eigenvalue weighted by atomic mass is 16.5. The topological polar surface area (TPSA) is 38.5 Å². The Morgan fingerprint density at radius 1 is 1.33 bits per heavy atom. The molecule has 2 bridgehead atoms. The first-order valence-corrected chi connectivity index (χ1v) is 6.46. The third-order valence-corrected chi connectivity index (χ3v) is 4.51. The highest BCUT2D eigenvalue weighted by molar-refractivity contribution is 4.98. The smallest absolute Gasteiger partial charge is 0.0743 e. The van der Waals surface area contributed by atoms with Crippen molar-refractivity contribution < 1.29 is 4.74 Å². The van der Waals surface area contributed by atoms with Gasteiger partial charge in [-0.1, -0.05) is 0 Å². The van der Waals surface area contributed by atoms with Gasteiger partial charge in [-0.15, -0.1) is 0 Å². The summed E-state index contributed by atoms with van der Waals surface area (Å²) in [4.78, 5) is 2.66. The fraction of sp³-hybridized carbons (Fsp3) is 1.00. The Morgan fingerprint density at radius 3 is 2.80 bits per heavy atom. The van der Waals surface area contributed by atoms with Crippen LogP contribution in [0.3, 0.4) is 0 Å². The number of fused-ring (bicyclic) bond motifs is 2. The lowest BCUT2D eigenvalue weighted by atomic mass is 10.0. The van der Waals surface area contributed by atoms with Crippen LogP contribution in [0.2, 0.25) is 0 Å². The first-order valence-electron chi connectivity index (χ1n) is 6.46. The molecule has 15 heavy (non-hydrogen) atoms. The fourth-order valence-corrected chi connectivity index (χ4v) is 3.78. The van der Waals surface area contributed by atoms with Crippen LogP contribution in [-0.2, 0) is 4.74 Å². The molecule has 2 saturated heterocycles. The molecule has 3 fully saturated rings. The van der Waals surface area contributed by atoms with Gasteiger partial charge in [-0.25, -0.2) is 0 Å². The number of hydrogen-bond acceptors (Lipinski definition) is 3. The molecule has 0 aromatic heterocycles. The lowest BCUT2D eigenvalue weighted by molar-refractivity contribution is 0.0144. The first kappa shape index (κ1) is 10.1. The molecule has 0 amide bonds. The Kier molecular flexibility index (Phi) is 2.71. The van der Waals surface area contributed by atoms with Crippen molar-refractivity contribution in [2.75, 3.05) is 19.7 Å².